The van der Waals surface area contributed by atoms with Crippen LogP contribution in [0.15, 0.2) is 36.5 Å². The molecule has 8 heteroatoms. The van der Waals surface area contributed by atoms with Crippen LogP contribution in [0.4, 0.5) is 15.1 Å². The highest BCUT2D eigenvalue weighted by atomic mass is 19.1. The van der Waals surface area contributed by atoms with E-state index in [1.807, 2.05) is 4.90 Å². The standard InChI is InChI=1S/C17H20FN5O2/c1-25-15-5-6-19-16(21-15)22-7-9-23(10-8-22)17(24)20-12-13-3-2-4-14(18)11-13/h2-6,11H,7-10,12H2,1H3,(H,20,24). The summed E-state index contributed by atoms with van der Waals surface area (Å²) in [5.41, 5.74) is 0.733. The Hall–Kier alpha value is -2.90. The van der Waals surface area contributed by atoms with Crippen LogP contribution in [-0.2, 0) is 6.54 Å². The van der Waals surface area contributed by atoms with E-state index in [-0.39, 0.29) is 11.8 Å². The number of benzene rings is 1. The number of methoxy groups -OCH3 is 1. The minimum atomic E-state index is -0.307. The van der Waals surface area contributed by atoms with Crippen molar-refractivity contribution in [1.82, 2.24) is 20.2 Å². The van der Waals surface area contributed by atoms with E-state index < -0.39 is 0 Å². The molecule has 2 heterocycles. The van der Waals surface area contributed by atoms with Gasteiger partial charge in [-0.15, -0.1) is 0 Å². The third kappa shape index (κ3) is 4.34. The normalized spacial score (nSPS) is 14.3. The van der Waals surface area contributed by atoms with Gasteiger partial charge in [0.15, 0.2) is 0 Å². The first-order chi connectivity index (χ1) is 12.2. The summed E-state index contributed by atoms with van der Waals surface area (Å²) in [6.45, 7) is 2.71. The third-order valence-corrected chi connectivity index (χ3v) is 4.01. The maximum absolute atomic E-state index is 13.2. The zero-order chi connectivity index (χ0) is 17.6. The first-order valence-corrected chi connectivity index (χ1v) is 8.05. The molecule has 1 saturated heterocycles. The fraction of sp³-hybridized carbons (Fsp3) is 0.353. The number of rotatable bonds is 4. The van der Waals surface area contributed by atoms with Crippen molar-refractivity contribution >= 4 is 12.0 Å². The van der Waals surface area contributed by atoms with E-state index in [0.717, 1.165) is 5.56 Å². The average Bonchev–Trinajstić information content (AvgIpc) is 2.66. The van der Waals surface area contributed by atoms with Gasteiger partial charge in [0.2, 0.25) is 11.8 Å². The number of piperazine rings is 1. The number of ether oxygens (including phenoxy) is 1. The van der Waals surface area contributed by atoms with Gasteiger partial charge in [-0.25, -0.2) is 14.2 Å². The van der Waals surface area contributed by atoms with E-state index in [0.29, 0.717) is 44.6 Å². The summed E-state index contributed by atoms with van der Waals surface area (Å²) in [6.07, 6.45) is 1.65. The summed E-state index contributed by atoms with van der Waals surface area (Å²) in [6, 6.07) is 7.74. The molecule has 0 bridgehead atoms. The van der Waals surface area contributed by atoms with Crippen LogP contribution in [0, 0.1) is 5.82 Å². The Labute approximate surface area is 145 Å². The van der Waals surface area contributed by atoms with Crippen molar-refractivity contribution in [2.24, 2.45) is 0 Å². The number of aromatic nitrogens is 2. The van der Waals surface area contributed by atoms with Crippen molar-refractivity contribution in [3.63, 3.8) is 0 Å². The van der Waals surface area contributed by atoms with Crippen molar-refractivity contribution in [1.29, 1.82) is 0 Å². The lowest BCUT2D eigenvalue weighted by atomic mass is 10.2. The van der Waals surface area contributed by atoms with Crippen LogP contribution in [0.1, 0.15) is 5.56 Å². The van der Waals surface area contributed by atoms with Crippen molar-refractivity contribution < 1.29 is 13.9 Å². The van der Waals surface area contributed by atoms with E-state index >= 15 is 0 Å². The molecule has 25 heavy (non-hydrogen) atoms. The fourth-order valence-electron chi connectivity index (χ4n) is 2.64. The zero-order valence-corrected chi connectivity index (χ0v) is 14.0. The van der Waals surface area contributed by atoms with Crippen LogP contribution >= 0.6 is 0 Å². The van der Waals surface area contributed by atoms with Crippen LogP contribution in [0.5, 0.6) is 5.88 Å². The van der Waals surface area contributed by atoms with E-state index in [1.165, 1.54) is 12.1 Å². The smallest absolute Gasteiger partial charge is 0.317 e. The second-order valence-electron chi connectivity index (χ2n) is 5.66. The number of halogens is 1. The van der Waals surface area contributed by atoms with E-state index in [9.17, 15) is 9.18 Å². The monoisotopic (exact) mass is 345 g/mol. The second kappa shape index (κ2) is 7.78. The molecular weight excluding hydrogens is 325 g/mol. The molecule has 1 aromatic carbocycles. The Bertz CT molecular complexity index is 734. The largest absolute Gasteiger partial charge is 0.481 e. The number of hydrogen-bond acceptors (Lipinski definition) is 5. The van der Waals surface area contributed by atoms with Crippen LogP contribution in [0.2, 0.25) is 0 Å². The second-order valence-corrected chi connectivity index (χ2v) is 5.66. The predicted octanol–water partition coefficient (Wildman–Crippen LogP) is 1.66. The minimum Gasteiger partial charge on any atom is -0.481 e. The number of amides is 2. The molecule has 3 rings (SSSR count). The number of nitrogens with one attached hydrogen (secondary N) is 1. The van der Waals surface area contributed by atoms with Gasteiger partial charge >= 0.3 is 6.03 Å². The summed E-state index contributed by atoms with van der Waals surface area (Å²) in [7, 11) is 1.56. The Morgan fingerprint density at radius 3 is 2.80 bits per heavy atom. The molecule has 0 spiro atoms. The maximum Gasteiger partial charge on any atom is 0.317 e. The van der Waals surface area contributed by atoms with Crippen LogP contribution in [-0.4, -0.2) is 54.2 Å². The SMILES string of the molecule is COc1ccnc(N2CCN(C(=O)NCc3cccc(F)c3)CC2)n1. The van der Waals surface area contributed by atoms with Crippen molar-refractivity contribution in [2.45, 2.75) is 6.54 Å². The molecule has 132 valence electrons. The van der Waals surface area contributed by atoms with Crippen LogP contribution in [0.25, 0.3) is 0 Å². The Morgan fingerprint density at radius 2 is 2.08 bits per heavy atom. The Balaban J connectivity index is 1.50. The quantitative estimate of drug-likeness (QED) is 0.912. The van der Waals surface area contributed by atoms with Gasteiger partial charge in [0, 0.05) is 45.0 Å². The molecule has 1 aliphatic rings. The molecule has 1 fully saturated rings. The highest BCUT2D eigenvalue weighted by Gasteiger charge is 2.22. The van der Waals surface area contributed by atoms with E-state index in [4.69, 9.17) is 4.74 Å². The maximum atomic E-state index is 13.2. The van der Waals surface area contributed by atoms with Gasteiger partial charge in [0.25, 0.3) is 0 Å². The number of nitrogens with zero attached hydrogens (tertiary/aromatic N) is 4. The van der Waals surface area contributed by atoms with Gasteiger partial charge in [-0.05, 0) is 17.7 Å². The summed E-state index contributed by atoms with van der Waals surface area (Å²) in [5, 5.41) is 2.82. The van der Waals surface area contributed by atoms with Gasteiger partial charge in [0.05, 0.1) is 7.11 Å². The van der Waals surface area contributed by atoms with Crippen molar-refractivity contribution in [3.05, 3.63) is 47.9 Å². The molecule has 2 amide bonds. The van der Waals surface area contributed by atoms with Gasteiger partial charge < -0.3 is 19.9 Å². The van der Waals surface area contributed by atoms with Crippen molar-refractivity contribution in [3.8, 4) is 5.88 Å². The van der Waals surface area contributed by atoms with Crippen LogP contribution in [0.3, 0.4) is 0 Å². The Morgan fingerprint density at radius 1 is 1.28 bits per heavy atom. The fourth-order valence-corrected chi connectivity index (χ4v) is 2.64. The highest BCUT2D eigenvalue weighted by molar-refractivity contribution is 5.74. The lowest BCUT2D eigenvalue weighted by molar-refractivity contribution is 0.193. The number of hydrogen-bond donors (Lipinski definition) is 1. The first-order valence-electron chi connectivity index (χ1n) is 8.05. The third-order valence-electron chi connectivity index (χ3n) is 4.01. The molecule has 0 atom stereocenters. The minimum absolute atomic E-state index is 0.157. The lowest BCUT2D eigenvalue weighted by Gasteiger charge is -2.34. The molecule has 1 aromatic heterocycles. The van der Waals surface area contributed by atoms with Gasteiger partial charge in [-0.1, -0.05) is 12.1 Å². The molecular formula is C17H20FN5O2. The molecule has 1 aliphatic heterocycles. The summed E-state index contributed by atoms with van der Waals surface area (Å²) >= 11 is 0. The molecule has 2 aromatic rings. The van der Waals surface area contributed by atoms with Crippen molar-refractivity contribution in [2.75, 3.05) is 38.2 Å². The number of carbonyl (C=O) groups is 1. The van der Waals surface area contributed by atoms with Gasteiger partial charge in [0.1, 0.15) is 5.82 Å². The first kappa shape index (κ1) is 16.9. The molecule has 7 nitrogen and oxygen atoms in total. The summed E-state index contributed by atoms with van der Waals surface area (Å²) in [4.78, 5) is 24.5. The van der Waals surface area contributed by atoms with Gasteiger partial charge in [-0.2, -0.15) is 4.98 Å². The van der Waals surface area contributed by atoms with E-state index in [2.05, 4.69) is 15.3 Å². The highest BCUT2D eigenvalue weighted by Crippen LogP contribution is 2.14. The zero-order valence-electron chi connectivity index (χ0n) is 14.0. The molecule has 0 saturated carbocycles. The van der Waals surface area contributed by atoms with Gasteiger partial charge in [-0.3, -0.25) is 0 Å². The number of carbonyl (C=O) groups excluding carboxylic acids is 1. The summed E-state index contributed by atoms with van der Waals surface area (Å²) in [5.74, 6) is 0.804. The Kier molecular flexibility index (Phi) is 5.27. The topological polar surface area (TPSA) is 70.6 Å². The summed E-state index contributed by atoms with van der Waals surface area (Å²) < 4.78 is 18.3. The predicted molar refractivity (Wildman–Crippen MR) is 91.0 cm³/mol. The molecule has 0 aliphatic carbocycles. The number of urea groups is 1. The molecule has 0 radical (unpaired) electrons. The average molecular weight is 345 g/mol. The number of anilines is 1. The van der Waals surface area contributed by atoms with E-state index in [1.54, 1.807) is 36.4 Å². The van der Waals surface area contributed by atoms with Crippen LogP contribution < -0.4 is 15.0 Å². The molecule has 1 N–H and O–H groups in total. The molecule has 0 unspecified atom stereocenters. The lowest BCUT2D eigenvalue weighted by Crippen LogP contribution is -2.52.